The number of nitrogens with zero attached hydrogens (tertiary/aromatic N) is 3. The SMILES string of the molecule is C=CC(=O)Nc1cc(Nc2ncc(Cl)c(Nc3ccccc3S(=O)(=O)C(C)C)n2)c(C)cc1N1CCN[C@@H](C)C1. The van der Waals surface area contributed by atoms with Gasteiger partial charge in [-0.3, -0.25) is 4.79 Å². The van der Waals surface area contributed by atoms with Crippen LogP contribution in [0, 0.1) is 6.92 Å². The molecule has 1 amide bonds. The molecule has 10 nitrogen and oxygen atoms in total. The summed E-state index contributed by atoms with van der Waals surface area (Å²) in [6.07, 6.45) is 2.67. The molecule has 1 aliphatic rings. The molecule has 1 aromatic heterocycles. The molecule has 1 saturated heterocycles. The highest BCUT2D eigenvalue weighted by Crippen LogP contribution is 2.35. The van der Waals surface area contributed by atoms with Gasteiger partial charge in [0.15, 0.2) is 15.7 Å². The number of halogens is 1. The van der Waals surface area contributed by atoms with E-state index in [1.54, 1.807) is 38.1 Å². The van der Waals surface area contributed by atoms with Crippen molar-refractivity contribution in [1.82, 2.24) is 15.3 Å². The fourth-order valence-corrected chi connectivity index (χ4v) is 5.70. The lowest BCUT2D eigenvalue weighted by Crippen LogP contribution is -2.49. The number of anilines is 6. The van der Waals surface area contributed by atoms with Crippen LogP contribution in [-0.4, -0.2) is 55.2 Å². The van der Waals surface area contributed by atoms with Crippen molar-refractivity contribution in [1.29, 1.82) is 0 Å². The van der Waals surface area contributed by atoms with Crippen LogP contribution in [0.3, 0.4) is 0 Å². The molecule has 0 bridgehead atoms. The lowest BCUT2D eigenvalue weighted by atomic mass is 10.1. The molecule has 212 valence electrons. The van der Waals surface area contributed by atoms with E-state index in [0.29, 0.717) is 23.1 Å². The molecule has 0 saturated carbocycles. The predicted molar refractivity (Wildman–Crippen MR) is 162 cm³/mol. The van der Waals surface area contributed by atoms with Crippen molar-refractivity contribution in [3.8, 4) is 0 Å². The monoisotopic (exact) mass is 583 g/mol. The highest BCUT2D eigenvalue weighted by atomic mass is 35.5. The van der Waals surface area contributed by atoms with Crippen molar-refractivity contribution in [2.45, 2.75) is 43.9 Å². The van der Waals surface area contributed by atoms with E-state index in [1.807, 2.05) is 19.1 Å². The number of rotatable bonds is 9. The van der Waals surface area contributed by atoms with Crippen LogP contribution in [0.5, 0.6) is 0 Å². The maximum absolute atomic E-state index is 12.9. The van der Waals surface area contributed by atoms with E-state index in [-0.39, 0.29) is 27.6 Å². The second kappa shape index (κ2) is 12.2. The van der Waals surface area contributed by atoms with Crippen LogP contribution in [0.4, 0.5) is 34.5 Å². The Hall–Kier alpha value is -3.67. The first-order valence-corrected chi connectivity index (χ1v) is 14.9. The molecule has 12 heteroatoms. The molecule has 1 fully saturated rings. The van der Waals surface area contributed by atoms with E-state index >= 15 is 0 Å². The summed E-state index contributed by atoms with van der Waals surface area (Å²) in [5, 5.41) is 12.2. The van der Waals surface area contributed by atoms with Gasteiger partial charge in [-0.15, -0.1) is 0 Å². The minimum absolute atomic E-state index is 0.158. The van der Waals surface area contributed by atoms with Crippen LogP contribution in [0.15, 0.2) is 60.1 Å². The molecule has 2 aromatic carbocycles. The van der Waals surface area contributed by atoms with Crippen LogP contribution in [0.1, 0.15) is 26.3 Å². The molecule has 4 rings (SSSR count). The van der Waals surface area contributed by atoms with Gasteiger partial charge in [-0.25, -0.2) is 13.4 Å². The zero-order valence-corrected chi connectivity index (χ0v) is 24.5. The fourth-order valence-electron chi connectivity index (χ4n) is 4.36. The Morgan fingerprint density at radius 3 is 2.65 bits per heavy atom. The summed E-state index contributed by atoms with van der Waals surface area (Å²) in [6.45, 7) is 13.4. The zero-order chi connectivity index (χ0) is 29.0. The van der Waals surface area contributed by atoms with E-state index in [2.05, 4.69) is 49.6 Å². The summed E-state index contributed by atoms with van der Waals surface area (Å²) < 4.78 is 25.8. The maximum Gasteiger partial charge on any atom is 0.247 e. The van der Waals surface area contributed by atoms with Gasteiger partial charge >= 0.3 is 0 Å². The number of nitrogens with one attached hydrogen (secondary N) is 4. The Balaban J connectivity index is 1.67. The average molecular weight is 584 g/mol. The molecule has 40 heavy (non-hydrogen) atoms. The molecule has 0 unspecified atom stereocenters. The summed E-state index contributed by atoms with van der Waals surface area (Å²) >= 11 is 6.39. The Morgan fingerprint density at radius 2 is 1.95 bits per heavy atom. The summed E-state index contributed by atoms with van der Waals surface area (Å²) in [6, 6.07) is 10.8. The molecule has 0 aliphatic carbocycles. The minimum atomic E-state index is -3.55. The molecule has 1 atom stereocenters. The topological polar surface area (TPSA) is 128 Å². The molecule has 3 aromatic rings. The van der Waals surface area contributed by atoms with E-state index < -0.39 is 15.1 Å². The number of aryl methyl sites for hydroxylation is 1. The van der Waals surface area contributed by atoms with Crippen molar-refractivity contribution in [2.24, 2.45) is 0 Å². The summed E-state index contributed by atoms with van der Waals surface area (Å²) in [5.74, 6) is 0.169. The second-order valence-electron chi connectivity index (χ2n) is 9.91. The molecular formula is C28H34ClN7O3S. The number of hydrogen-bond acceptors (Lipinski definition) is 9. The van der Waals surface area contributed by atoms with Gasteiger partial charge in [-0.1, -0.05) is 30.3 Å². The van der Waals surface area contributed by atoms with Gasteiger partial charge in [-0.05, 0) is 63.6 Å². The van der Waals surface area contributed by atoms with Gasteiger partial charge in [0.2, 0.25) is 11.9 Å². The number of sulfone groups is 1. The number of hydrogen-bond donors (Lipinski definition) is 4. The van der Waals surface area contributed by atoms with Gasteiger partial charge < -0.3 is 26.2 Å². The van der Waals surface area contributed by atoms with Crippen molar-refractivity contribution >= 4 is 61.9 Å². The van der Waals surface area contributed by atoms with Crippen LogP contribution in [0.2, 0.25) is 5.02 Å². The van der Waals surface area contributed by atoms with Crippen LogP contribution >= 0.6 is 11.6 Å². The van der Waals surface area contributed by atoms with Crippen molar-refractivity contribution in [3.63, 3.8) is 0 Å². The van der Waals surface area contributed by atoms with E-state index in [4.69, 9.17) is 11.6 Å². The lowest BCUT2D eigenvalue weighted by molar-refractivity contribution is -0.111. The number of benzene rings is 2. The van der Waals surface area contributed by atoms with E-state index in [1.165, 1.54) is 12.3 Å². The van der Waals surface area contributed by atoms with Crippen molar-refractivity contribution in [2.75, 3.05) is 40.5 Å². The number of carbonyl (C=O) groups is 1. The summed E-state index contributed by atoms with van der Waals surface area (Å²) in [7, 11) is -3.55. The first kappa shape index (κ1) is 29.3. The first-order valence-electron chi connectivity index (χ1n) is 13.0. The average Bonchev–Trinajstić information content (AvgIpc) is 2.92. The summed E-state index contributed by atoms with van der Waals surface area (Å²) in [5.41, 5.74) is 3.51. The molecule has 0 spiro atoms. The van der Waals surface area contributed by atoms with E-state index in [9.17, 15) is 13.2 Å². The quantitative estimate of drug-likeness (QED) is 0.256. The standard InChI is InChI=1S/C28H34ClN7O3S/c1-6-26(37)32-23-14-22(18(4)13-24(23)36-12-11-30-19(5)16-36)34-28-31-15-20(29)27(35-28)33-21-9-7-8-10-25(21)40(38,39)17(2)3/h6-10,13-15,17,19,30H,1,11-12,16H2,2-5H3,(H,32,37)(H2,31,33,34,35)/t19-/m0/s1. The molecule has 0 radical (unpaired) electrons. The number of aromatic nitrogens is 2. The van der Waals surface area contributed by atoms with E-state index in [0.717, 1.165) is 30.9 Å². The third-order valence-electron chi connectivity index (χ3n) is 6.55. The Morgan fingerprint density at radius 1 is 1.20 bits per heavy atom. The van der Waals surface area contributed by atoms with Gasteiger partial charge in [0.1, 0.15) is 5.02 Å². The lowest BCUT2D eigenvalue weighted by Gasteiger charge is -2.35. The molecule has 1 aliphatic heterocycles. The Kier molecular flexibility index (Phi) is 8.97. The summed E-state index contributed by atoms with van der Waals surface area (Å²) in [4.78, 5) is 23.5. The normalized spacial score (nSPS) is 15.6. The van der Waals surface area contributed by atoms with Crippen molar-refractivity contribution in [3.05, 3.63) is 65.8 Å². The van der Waals surface area contributed by atoms with Crippen LogP contribution in [-0.2, 0) is 14.6 Å². The zero-order valence-electron chi connectivity index (χ0n) is 23.0. The largest absolute Gasteiger partial charge is 0.367 e. The third-order valence-corrected chi connectivity index (χ3v) is 9.04. The highest BCUT2D eigenvalue weighted by Gasteiger charge is 2.24. The maximum atomic E-state index is 12.9. The van der Waals surface area contributed by atoms with Crippen molar-refractivity contribution < 1.29 is 13.2 Å². The fraction of sp³-hybridized carbons (Fsp3) is 0.321. The number of amides is 1. The van der Waals surface area contributed by atoms with Gasteiger partial charge in [0.05, 0.1) is 33.4 Å². The number of para-hydroxylation sites is 1. The van der Waals surface area contributed by atoms with Gasteiger partial charge in [0, 0.05) is 31.4 Å². The first-order chi connectivity index (χ1) is 19.0. The predicted octanol–water partition coefficient (Wildman–Crippen LogP) is 5.03. The molecular weight excluding hydrogens is 550 g/mol. The van der Waals surface area contributed by atoms with Crippen LogP contribution in [0.25, 0.3) is 0 Å². The molecule has 2 heterocycles. The molecule has 4 N–H and O–H groups in total. The Bertz CT molecular complexity index is 1530. The smallest absolute Gasteiger partial charge is 0.247 e. The van der Waals surface area contributed by atoms with Crippen LogP contribution < -0.4 is 26.2 Å². The van der Waals surface area contributed by atoms with Gasteiger partial charge in [0.25, 0.3) is 0 Å². The minimum Gasteiger partial charge on any atom is -0.367 e. The second-order valence-corrected chi connectivity index (χ2v) is 12.8. The van der Waals surface area contributed by atoms with Gasteiger partial charge in [-0.2, -0.15) is 4.98 Å². The Labute approximate surface area is 240 Å². The number of carbonyl (C=O) groups excluding carboxylic acids is 1. The number of piperazine rings is 1. The highest BCUT2D eigenvalue weighted by molar-refractivity contribution is 7.92. The third kappa shape index (κ3) is 6.55.